The topological polar surface area (TPSA) is 66.9 Å². The fourth-order valence-electron chi connectivity index (χ4n) is 2.05. The third-order valence-electron chi connectivity index (χ3n) is 3.17. The van der Waals surface area contributed by atoms with Crippen LogP contribution in [-0.2, 0) is 6.42 Å². The van der Waals surface area contributed by atoms with Gasteiger partial charge in [0.1, 0.15) is 4.83 Å². The first kappa shape index (κ1) is 15.1. The maximum Gasteiger partial charge on any atom is 0.282 e. The lowest BCUT2D eigenvalue weighted by Gasteiger charge is -2.07. The molecule has 0 fully saturated rings. The lowest BCUT2D eigenvalue weighted by atomic mass is 10.3. The van der Waals surface area contributed by atoms with Crippen molar-refractivity contribution in [3.05, 3.63) is 48.0 Å². The van der Waals surface area contributed by atoms with Crippen LogP contribution in [0, 0.1) is 11.7 Å². The fourth-order valence-corrected chi connectivity index (χ4v) is 4.09. The Morgan fingerprint density at radius 3 is 2.82 bits per heavy atom. The van der Waals surface area contributed by atoms with Gasteiger partial charge in [-0.05, 0) is 43.8 Å². The van der Waals surface area contributed by atoms with E-state index in [4.69, 9.17) is 12.2 Å². The molecule has 0 spiro atoms. The molecule has 0 aliphatic carbocycles. The molecule has 0 atom stereocenters. The molecule has 0 aromatic carbocycles. The summed E-state index contributed by atoms with van der Waals surface area (Å²) in [6.07, 6.45) is 0.847. The number of carbonyl (C=O) groups is 1. The van der Waals surface area contributed by atoms with Crippen LogP contribution in [0.1, 0.15) is 26.3 Å². The van der Waals surface area contributed by atoms with Gasteiger partial charge in [-0.25, -0.2) is 0 Å². The van der Waals surface area contributed by atoms with E-state index in [-0.39, 0.29) is 16.2 Å². The van der Waals surface area contributed by atoms with Crippen LogP contribution in [0.5, 0.6) is 0 Å². The van der Waals surface area contributed by atoms with Crippen molar-refractivity contribution < 1.29 is 4.79 Å². The van der Waals surface area contributed by atoms with Crippen LogP contribution >= 0.6 is 34.9 Å². The molecule has 0 saturated carbocycles. The van der Waals surface area contributed by atoms with Crippen LogP contribution in [0.15, 0.2) is 23.0 Å². The Kier molecular flexibility index (Phi) is 3.98. The van der Waals surface area contributed by atoms with Gasteiger partial charge in [0.25, 0.3) is 11.5 Å². The van der Waals surface area contributed by atoms with Crippen molar-refractivity contribution in [3.63, 3.8) is 0 Å². The van der Waals surface area contributed by atoms with Gasteiger partial charge in [0.05, 0.1) is 10.3 Å². The van der Waals surface area contributed by atoms with Gasteiger partial charge in [0.15, 0.2) is 0 Å². The molecule has 0 bridgehead atoms. The summed E-state index contributed by atoms with van der Waals surface area (Å²) in [5.41, 5.74) is 2.26. The van der Waals surface area contributed by atoms with Gasteiger partial charge < -0.3 is 4.98 Å². The van der Waals surface area contributed by atoms with Crippen LogP contribution in [-0.4, -0.2) is 15.6 Å². The van der Waals surface area contributed by atoms with Crippen molar-refractivity contribution in [1.29, 1.82) is 0 Å². The Labute approximate surface area is 139 Å². The lowest BCUT2D eigenvalue weighted by Crippen LogP contribution is -2.33. The standard InChI is InChI=1S/C14H13N3O2S3/c1-3-8-6-9-12(22-8)15-14(20)17(13(9)19)16-11(18)10-5-4-7(2)21-10/h4-6H,3H2,1-2H3,(H,15,20)(H,16,18). The van der Waals surface area contributed by atoms with Gasteiger partial charge in [-0.15, -0.1) is 22.7 Å². The SMILES string of the molecule is CCc1cc2c(=O)n(NC(=O)c3ccc(C)s3)c(=S)[nH]c2s1. The van der Waals surface area contributed by atoms with E-state index in [2.05, 4.69) is 10.4 Å². The highest BCUT2D eigenvalue weighted by atomic mass is 32.1. The van der Waals surface area contributed by atoms with Crippen molar-refractivity contribution in [2.45, 2.75) is 20.3 Å². The highest BCUT2D eigenvalue weighted by Crippen LogP contribution is 2.21. The number of aryl methyl sites for hydroxylation is 2. The number of amides is 1. The molecular formula is C14H13N3O2S3. The van der Waals surface area contributed by atoms with Crippen molar-refractivity contribution in [2.75, 3.05) is 5.43 Å². The Morgan fingerprint density at radius 2 is 2.18 bits per heavy atom. The van der Waals surface area contributed by atoms with Gasteiger partial charge >= 0.3 is 0 Å². The average molecular weight is 351 g/mol. The molecule has 0 aliphatic heterocycles. The largest absolute Gasteiger partial charge is 0.322 e. The molecule has 3 rings (SSSR count). The number of H-pyrrole nitrogens is 1. The van der Waals surface area contributed by atoms with Crippen molar-refractivity contribution in [1.82, 2.24) is 9.66 Å². The van der Waals surface area contributed by atoms with Crippen molar-refractivity contribution in [2.24, 2.45) is 0 Å². The number of nitrogens with zero attached hydrogens (tertiary/aromatic N) is 1. The van der Waals surface area contributed by atoms with Crippen molar-refractivity contribution in [3.8, 4) is 0 Å². The number of hydrogen-bond acceptors (Lipinski definition) is 5. The van der Waals surface area contributed by atoms with Crippen LogP contribution in [0.3, 0.4) is 0 Å². The highest BCUT2D eigenvalue weighted by Gasteiger charge is 2.13. The summed E-state index contributed by atoms with van der Waals surface area (Å²) in [4.78, 5) is 31.1. The number of thiophene rings is 2. The molecule has 3 aromatic heterocycles. The first-order chi connectivity index (χ1) is 10.5. The van der Waals surface area contributed by atoms with E-state index in [1.807, 2.05) is 26.0 Å². The van der Waals surface area contributed by atoms with Gasteiger partial charge in [0, 0.05) is 9.75 Å². The third kappa shape index (κ3) is 2.65. The zero-order chi connectivity index (χ0) is 15.9. The zero-order valence-electron chi connectivity index (χ0n) is 11.9. The third-order valence-corrected chi connectivity index (χ3v) is 5.65. The molecule has 3 aromatic rings. The number of fused-ring (bicyclic) bond motifs is 1. The molecule has 8 heteroatoms. The second-order valence-corrected chi connectivity index (χ2v) is 7.54. The monoisotopic (exact) mass is 351 g/mol. The zero-order valence-corrected chi connectivity index (χ0v) is 14.4. The number of aromatic amines is 1. The molecule has 5 nitrogen and oxygen atoms in total. The number of aromatic nitrogens is 2. The fraction of sp³-hybridized carbons (Fsp3) is 0.214. The number of carbonyl (C=O) groups excluding carboxylic acids is 1. The normalized spacial score (nSPS) is 11.0. The van der Waals surface area contributed by atoms with E-state index in [1.54, 1.807) is 6.07 Å². The Hall–Kier alpha value is -1.77. The second-order valence-electron chi connectivity index (χ2n) is 4.73. The maximum absolute atomic E-state index is 12.5. The summed E-state index contributed by atoms with van der Waals surface area (Å²) in [5.74, 6) is -0.343. The highest BCUT2D eigenvalue weighted by molar-refractivity contribution is 7.71. The summed E-state index contributed by atoms with van der Waals surface area (Å²) < 4.78 is 1.28. The first-order valence-electron chi connectivity index (χ1n) is 6.65. The van der Waals surface area contributed by atoms with Gasteiger partial charge in [-0.3, -0.25) is 15.0 Å². The van der Waals surface area contributed by atoms with Gasteiger partial charge in [-0.2, -0.15) is 4.68 Å². The lowest BCUT2D eigenvalue weighted by molar-refractivity contribution is 0.101. The Morgan fingerprint density at radius 1 is 1.41 bits per heavy atom. The summed E-state index contributed by atoms with van der Waals surface area (Å²) in [6, 6.07) is 5.43. The van der Waals surface area contributed by atoms with Crippen LogP contribution in [0.25, 0.3) is 10.2 Å². The second kappa shape index (κ2) is 5.79. The molecule has 114 valence electrons. The number of hydrogen-bond donors (Lipinski definition) is 2. The molecule has 1 amide bonds. The molecule has 22 heavy (non-hydrogen) atoms. The minimum Gasteiger partial charge on any atom is -0.322 e. The molecular weight excluding hydrogens is 338 g/mol. The summed E-state index contributed by atoms with van der Waals surface area (Å²) in [6.45, 7) is 3.95. The number of nitrogens with one attached hydrogen (secondary N) is 2. The first-order valence-corrected chi connectivity index (χ1v) is 8.69. The number of rotatable bonds is 3. The van der Waals surface area contributed by atoms with E-state index in [0.717, 1.165) is 25.7 Å². The maximum atomic E-state index is 12.5. The average Bonchev–Trinajstić information content (AvgIpc) is 3.09. The Balaban J connectivity index is 2.05. The van der Waals surface area contributed by atoms with Crippen molar-refractivity contribution >= 4 is 51.0 Å². The van der Waals surface area contributed by atoms with E-state index < -0.39 is 0 Å². The van der Waals surface area contributed by atoms with Gasteiger partial charge in [-0.1, -0.05) is 6.92 Å². The van der Waals surface area contributed by atoms with Crippen LogP contribution in [0.4, 0.5) is 0 Å². The minimum atomic E-state index is -0.343. The predicted molar refractivity (Wildman–Crippen MR) is 93.4 cm³/mol. The summed E-state index contributed by atoms with van der Waals surface area (Å²) in [5, 5.41) is 0.540. The molecule has 0 saturated heterocycles. The quantitative estimate of drug-likeness (QED) is 0.711. The smallest absolute Gasteiger partial charge is 0.282 e. The van der Waals surface area contributed by atoms with Crippen LogP contribution in [0.2, 0.25) is 0 Å². The van der Waals surface area contributed by atoms with E-state index in [0.29, 0.717) is 10.3 Å². The minimum absolute atomic E-state index is 0.184. The van der Waals surface area contributed by atoms with Crippen LogP contribution < -0.4 is 11.0 Å². The summed E-state index contributed by atoms with van der Waals surface area (Å²) in [7, 11) is 0. The van der Waals surface area contributed by atoms with E-state index in [9.17, 15) is 9.59 Å². The van der Waals surface area contributed by atoms with E-state index >= 15 is 0 Å². The molecule has 0 unspecified atom stereocenters. The molecule has 3 heterocycles. The Bertz CT molecular complexity index is 977. The molecule has 0 radical (unpaired) electrons. The molecule has 0 aliphatic rings. The summed E-state index contributed by atoms with van der Waals surface area (Å²) >= 11 is 8.06. The molecule has 2 N–H and O–H groups in total. The van der Waals surface area contributed by atoms with E-state index in [1.165, 1.54) is 22.7 Å². The predicted octanol–water partition coefficient (Wildman–Crippen LogP) is 3.44. The van der Waals surface area contributed by atoms with Gasteiger partial charge in [0.2, 0.25) is 4.77 Å².